The molecule has 3 aliphatic heterocycles. The number of anilines is 2. The van der Waals surface area contributed by atoms with Gasteiger partial charge in [0.15, 0.2) is 11.6 Å². The third kappa shape index (κ3) is 3.00. The normalized spacial score (nSPS) is 25.0. The van der Waals surface area contributed by atoms with E-state index >= 15 is 0 Å². The topological polar surface area (TPSA) is 66.5 Å². The number of hydrogen-bond acceptors (Lipinski definition) is 6. The third-order valence-electron chi connectivity index (χ3n) is 8.21. The van der Waals surface area contributed by atoms with Crippen LogP contribution in [-0.4, -0.2) is 29.6 Å². The first-order valence-corrected chi connectivity index (χ1v) is 14.3. The Morgan fingerprint density at radius 1 is 0.895 bits per heavy atom. The molecule has 38 heavy (non-hydrogen) atoms. The fourth-order valence-corrected chi connectivity index (χ4v) is 8.08. The van der Waals surface area contributed by atoms with E-state index in [1.54, 1.807) is 6.07 Å². The number of para-hydroxylation sites is 1. The van der Waals surface area contributed by atoms with Gasteiger partial charge in [0, 0.05) is 16.9 Å². The summed E-state index contributed by atoms with van der Waals surface area (Å²) in [4.78, 5) is 46.5. The van der Waals surface area contributed by atoms with Crippen molar-refractivity contribution < 1.29 is 14.4 Å². The highest BCUT2D eigenvalue weighted by Crippen LogP contribution is 2.59. The molecule has 7 heteroatoms. The summed E-state index contributed by atoms with van der Waals surface area (Å²) in [5.41, 5.74) is 4.26. The zero-order valence-corrected chi connectivity index (χ0v) is 22.4. The van der Waals surface area contributed by atoms with E-state index in [0.717, 1.165) is 28.0 Å². The first-order chi connectivity index (χ1) is 18.4. The van der Waals surface area contributed by atoms with E-state index in [2.05, 4.69) is 22.4 Å². The van der Waals surface area contributed by atoms with E-state index in [0.29, 0.717) is 15.4 Å². The predicted molar refractivity (Wildman–Crippen MR) is 152 cm³/mol. The average molecular weight is 537 g/mol. The van der Waals surface area contributed by atoms with Crippen LogP contribution in [0.1, 0.15) is 43.0 Å². The summed E-state index contributed by atoms with van der Waals surface area (Å²) in [7, 11) is 0. The van der Waals surface area contributed by atoms with Gasteiger partial charge in [-0.3, -0.25) is 14.4 Å². The van der Waals surface area contributed by atoms with Crippen LogP contribution in [0, 0.1) is 12.8 Å². The van der Waals surface area contributed by atoms with E-state index in [-0.39, 0.29) is 17.5 Å². The summed E-state index contributed by atoms with van der Waals surface area (Å²) in [6.07, 6.45) is 2.10. The third-order valence-corrected chi connectivity index (χ3v) is 9.98. The van der Waals surface area contributed by atoms with Crippen molar-refractivity contribution in [3.8, 4) is 0 Å². The minimum atomic E-state index is -1.26. The number of hydrogen-bond donors (Lipinski definition) is 1. The molecule has 1 saturated heterocycles. The molecule has 0 bridgehead atoms. The molecular weight excluding hydrogens is 512 g/mol. The lowest BCUT2D eigenvalue weighted by molar-refractivity contribution is -0.121. The summed E-state index contributed by atoms with van der Waals surface area (Å²) in [5, 5.41) is 6.82. The second kappa shape index (κ2) is 8.35. The molecule has 0 radical (unpaired) electrons. The van der Waals surface area contributed by atoms with Gasteiger partial charge in [-0.2, -0.15) is 0 Å². The first kappa shape index (κ1) is 23.3. The van der Waals surface area contributed by atoms with Gasteiger partial charge >= 0.3 is 0 Å². The Labute approximate surface area is 228 Å². The second-order valence-corrected chi connectivity index (χ2v) is 12.1. The summed E-state index contributed by atoms with van der Waals surface area (Å²) >= 11 is 2.72. The lowest BCUT2D eigenvalue weighted by atomic mass is 9.64. The monoisotopic (exact) mass is 536 g/mol. The van der Waals surface area contributed by atoms with Crippen LogP contribution >= 0.6 is 22.7 Å². The van der Waals surface area contributed by atoms with Gasteiger partial charge in [0.25, 0.3) is 0 Å². The van der Waals surface area contributed by atoms with Crippen molar-refractivity contribution in [2.24, 2.45) is 5.92 Å². The molecule has 4 aromatic rings. The number of carbonyl (C=O) groups excluding carboxylic acids is 3. The quantitative estimate of drug-likeness (QED) is 0.308. The second-order valence-electron chi connectivity index (χ2n) is 10.2. The van der Waals surface area contributed by atoms with Crippen molar-refractivity contribution in [1.29, 1.82) is 0 Å². The highest BCUT2D eigenvalue weighted by atomic mass is 32.1. The molecule has 1 amide bonds. The van der Waals surface area contributed by atoms with Crippen molar-refractivity contribution in [3.63, 3.8) is 0 Å². The van der Waals surface area contributed by atoms with Crippen molar-refractivity contribution >= 4 is 57.1 Å². The highest BCUT2D eigenvalue weighted by Gasteiger charge is 2.70. The minimum Gasteiger partial charge on any atom is -0.352 e. The van der Waals surface area contributed by atoms with Crippen LogP contribution in [0.3, 0.4) is 0 Å². The van der Waals surface area contributed by atoms with E-state index in [4.69, 9.17) is 0 Å². The van der Waals surface area contributed by atoms with Gasteiger partial charge in [-0.15, -0.1) is 22.7 Å². The molecule has 1 fully saturated rings. The number of nitrogens with one attached hydrogen (secondary N) is 1. The number of carbonyl (C=O) groups is 3. The van der Waals surface area contributed by atoms with E-state index in [1.807, 2.05) is 79.2 Å². The predicted octanol–water partition coefficient (Wildman–Crippen LogP) is 6.36. The van der Waals surface area contributed by atoms with Crippen LogP contribution < -0.4 is 10.2 Å². The van der Waals surface area contributed by atoms with Crippen molar-refractivity contribution in [3.05, 3.63) is 110 Å². The van der Waals surface area contributed by atoms with Crippen LogP contribution in [-0.2, 0) is 10.2 Å². The number of allylic oxidation sites excluding steroid dienone is 1. The standard InChI is InChI=1S/C31H24N2O3S2/c1-17-11-12-22-19(15-17)18(2)16-25-31(20-7-3-4-8-21(20)32-30(31)36)26(28(34)23-9-5-13-37-23)27(33(22)25)29(35)24-10-6-14-38-24/h3-16,25-27H,1-2H3,(H,32,36)/t25-,26+,27+,31-/m1/s1. The van der Waals surface area contributed by atoms with Gasteiger partial charge in [-0.05, 0) is 66.1 Å². The molecule has 1 spiro atoms. The summed E-state index contributed by atoms with van der Waals surface area (Å²) < 4.78 is 0. The number of ketones is 2. The van der Waals surface area contributed by atoms with Crippen molar-refractivity contribution in [2.45, 2.75) is 31.3 Å². The maximum Gasteiger partial charge on any atom is 0.238 e. The first-order valence-electron chi connectivity index (χ1n) is 12.6. The lowest BCUT2D eigenvalue weighted by Crippen LogP contribution is -2.51. The fraction of sp³-hybridized carbons (Fsp3) is 0.194. The molecule has 0 saturated carbocycles. The Morgan fingerprint density at radius 2 is 1.61 bits per heavy atom. The molecule has 7 rings (SSSR count). The maximum absolute atomic E-state index is 14.5. The SMILES string of the molecule is CC1=C[C@H]2N(c3ccc(C)cc31)[C@H](C(=O)c1cccs1)[C@@H](C(=O)c1cccs1)[C@]21C(=O)Nc2ccccc21. The van der Waals surface area contributed by atoms with Gasteiger partial charge in [-0.25, -0.2) is 0 Å². The van der Waals surface area contributed by atoms with Crippen LogP contribution in [0.4, 0.5) is 11.4 Å². The number of aryl methyl sites for hydroxylation is 1. The van der Waals surface area contributed by atoms with E-state index in [1.165, 1.54) is 22.7 Å². The van der Waals surface area contributed by atoms with Crippen molar-refractivity contribution in [1.82, 2.24) is 0 Å². The zero-order chi connectivity index (χ0) is 26.2. The molecular formula is C31H24N2O3S2. The number of rotatable bonds is 4. The van der Waals surface area contributed by atoms with Crippen LogP contribution in [0.25, 0.3) is 5.57 Å². The molecule has 0 unspecified atom stereocenters. The molecule has 4 atom stereocenters. The number of amides is 1. The van der Waals surface area contributed by atoms with Gasteiger partial charge in [0.05, 0.1) is 21.7 Å². The summed E-state index contributed by atoms with van der Waals surface area (Å²) in [6.45, 7) is 4.09. The molecule has 0 aliphatic carbocycles. The number of benzene rings is 2. The van der Waals surface area contributed by atoms with Crippen molar-refractivity contribution in [2.75, 3.05) is 10.2 Å². The summed E-state index contributed by atoms with van der Waals surface area (Å²) in [6, 6.07) is 19.7. The number of fused-ring (bicyclic) bond motifs is 6. The number of nitrogens with zero attached hydrogens (tertiary/aromatic N) is 1. The Kier molecular flexibility index (Phi) is 5.12. The molecule has 5 heterocycles. The fourth-order valence-electron chi connectivity index (χ4n) is 6.68. The Bertz CT molecular complexity index is 1650. The van der Waals surface area contributed by atoms with Crippen LogP contribution in [0.15, 0.2) is 83.6 Å². The van der Waals surface area contributed by atoms with Gasteiger partial charge in [0.2, 0.25) is 5.91 Å². The zero-order valence-electron chi connectivity index (χ0n) is 20.8. The van der Waals surface area contributed by atoms with Gasteiger partial charge in [0.1, 0.15) is 11.5 Å². The molecule has 2 aromatic heterocycles. The molecule has 3 aliphatic rings. The van der Waals surface area contributed by atoms with E-state index in [9.17, 15) is 14.4 Å². The minimum absolute atomic E-state index is 0.131. The number of thiophene rings is 2. The molecule has 188 valence electrons. The summed E-state index contributed by atoms with van der Waals surface area (Å²) in [5.74, 6) is -1.45. The lowest BCUT2D eigenvalue weighted by Gasteiger charge is -2.39. The highest BCUT2D eigenvalue weighted by molar-refractivity contribution is 7.12. The van der Waals surface area contributed by atoms with Gasteiger partial charge < -0.3 is 10.2 Å². The van der Waals surface area contributed by atoms with E-state index < -0.39 is 23.4 Å². The Morgan fingerprint density at radius 3 is 2.32 bits per heavy atom. The molecule has 2 aromatic carbocycles. The molecule has 1 N–H and O–H groups in total. The molecule has 5 nitrogen and oxygen atoms in total. The maximum atomic E-state index is 14.5. The Balaban J connectivity index is 1.57. The smallest absolute Gasteiger partial charge is 0.238 e. The number of Topliss-reactive ketones (excluding diaryl/α,β-unsaturated/α-hetero) is 2. The Hall–Kier alpha value is -3.81. The van der Waals surface area contributed by atoms with Crippen LogP contribution in [0.5, 0.6) is 0 Å². The van der Waals surface area contributed by atoms with Gasteiger partial charge in [-0.1, -0.05) is 48.0 Å². The average Bonchev–Trinajstić information content (AvgIpc) is 3.71. The van der Waals surface area contributed by atoms with Crippen LogP contribution in [0.2, 0.25) is 0 Å². The largest absolute Gasteiger partial charge is 0.352 e.